The monoisotopic (exact) mass is 214 g/mol. The summed E-state index contributed by atoms with van der Waals surface area (Å²) in [7, 11) is 0. The second-order valence-electron chi connectivity index (χ2n) is 3.42. The smallest absolute Gasteiger partial charge is 0.379 e. The number of fused-ring (bicyclic) bond motifs is 1. The van der Waals surface area contributed by atoms with Gasteiger partial charge in [-0.1, -0.05) is 36.4 Å². The Labute approximate surface area is 92.6 Å². The van der Waals surface area contributed by atoms with Crippen molar-refractivity contribution < 1.29 is 14.3 Å². The number of ether oxygens (including phenoxy) is 1. The number of ketones is 1. The summed E-state index contributed by atoms with van der Waals surface area (Å²) in [6.45, 7) is 1.19. The number of Topliss-reactive ketones (excluding diaryl/α,β-unsaturated/α-hetero) is 1. The predicted molar refractivity (Wildman–Crippen MR) is 60.3 cm³/mol. The van der Waals surface area contributed by atoms with E-state index >= 15 is 0 Å². The minimum atomic E-state index is -0.837. The van der Waals surface area contributed by atoms with E-state index in [0.717, 1.165) is 10.8 Å². The molecule has 0 radical (unpaired) electrons. The molecule has 0 atom stereocenters. The molecule has 0 bridgehead atoms. The van der Waals surface area contributed by atoms with Crippen molar-refractivity contribution in [1.29, 1.82) is 0 Å². The molecule has 2 aromatic carbocycles. The van der Waals surface area contributed by atoms with Crippen molar-refractivity contribution >= 4 is 22.5 Å². The highest BCUT2D eigenvalue weighted by atomic mass is 16.5. The van der Waals surface area contributed by atoms with Crippen LogP contribution in [-0.2, 0) is 9.59 Å². The third kappa shape index (κ3) is 1.93. The maximum atomic E-state index is 11.2. The lowest BCUT2D eigenvalue weighted by Crippen LogP contribution is -2.16. The third-order valence-corrected chi connectivity index (χ3v) is 2.24. The Morgan fingerprint density at radius 3 is 2.44 bits per heavy atom. The molecule has 0 amide bonds. The predicted octanol–water partition coefficient (Wildman–Crippen LogP) is 2.33. The van der Waals surface area contributed by atoms with Gasteiger partial charge in [-0.3, -0.25) is 4.79 Å². The minimum absolute atomic E-state index is 0.415. The van der Waals surface area contributed by atoms with Crippen molar-refractivity contribution in [1.82, 2.24) is 0 Å². The van der Waals surface area contributed by atoms with E-state index in [1.807, 2.05) is 30.3 Å². The van der Waals surface area contributed by atoms with Crippen LogP contribution < -0.4 is 4.74 Å². The summed E-state index contributed by atoms with van der Waals surface area (Å²) in [5.74, 6) is -1.03. The molecule has 0 fully saturated rings. The first-order chi connectivity index (χ1) is 7.68. The van der Waals surface area contributed by atoms with E-state index in [2.05, 4.69) is 0 Å². The largest absolute Gasteiger partial charge is 0.420 e. The fourth-order valence-electron chi connectivity index (χ4n) is 1.46. The summed E-state index contributed by atoms with van der Waals surface area (Å²) in [4.78, 5) is 22.0. The summed E-state index contributed by atoms with van der Waals surface area (Å²) in [5, 5.41) is 1.79. The summed E-state index contributed by atoms with van der Waals surface area (Å²) in [6.07, 6.45) is 0. The summed E-state index contributed by atoms with van der Waals surface area (Å²) in [6, 6.07) is 12.9. The van der Waals surface area contributed by atoms with E-state index in [9.17, 15) is 9.59 Å². The highest BCUT2D eigenvalue weighted by molar-refractivity contribution is 6.33. The van der Waals surface area contributed by atoms with Crippen molar-refractivity contribution in [2.24, 2.45) is 0 Å². The standard InChI is InChI=1S/C13H10O3/c1-9(14)13(15)16-12-8-4-6-10-5-2-3-7-11(10)12/h2-8H,1H3. The van der Waals surface area contributed by atoms with Crippen LogP contribution in [0.2, 0.25) is 0 Å². The van der Waals surface area contributed by atoms with E-state index in [1.54, 1.807) is 12.1 Å². The molecule has 0 aromatic heterocycles. The molecule has 0 aliphatic carbocycles. The SMILES string of the molecule is CC(=O)C(=O)Oc1cccc2ccccc12. The van der Waals surface area contributed by atoms with Gasteiger partial charge >= 0.3 is 5.97 Å². The van der Waals surface area contributed by atoms with Crippen LogP contribution in [-0.4, -0.2) is 11.8 Å². The van der Waals surface area contributed by atoms with Crippen LogP contribution in [0.3, 0.4) is 0 Å². The molecule has 2 aromatic rings. The lowest BCUT2D eigenvalue weighted by atomic mass is 10.1. The van der Waals surface area contributed by atoms with E-state index in [-0.39, 0.29) is 0 Å². The Kier molecular flexibility index (Phi) is 2.68. The Bertz CT molecular complexity index is 553. The van der Waals surface area contributed by atoms with E-state index in [0.29, 0.717) is 5.75 Å². The number of hydrogen-bond acceptors (Lipinski definition) is 3. The normalized spacial score (nSPS) is 10.1. The van der Waals surface area contributed by atoms with Gasteiger partial charge in [-0.2, -0.15) is 0 Å². The highest BCUT2D eigenvalue weighted by Gasteiger charge is 2.11. The number of carbonyl (C=O) groups is 2. The van der Waals surface area contributed by atoms with Gasteiger partial charge in [0.25, 0.3) is 0 Å². The molecule has 0 unspecified atom stereocenters. The lowest BCUT2D eigenvalue weighted by Gasteiger charge is -2.05. The first-order valence-electron chi connectivity index (χ1n) is 4.89. The maximum Gasteiger partial charge on any atom is 0.379 e. The van der Waals surface area contributed by atoms with Crippen molar-refractivity contribution in [3.05, 3.63) is 42.5 Å². The number of rotatable bonds is 2. The van der Waals surface area contributed by atoms with Gasteiger partial charge in [0, 0.05) is 12.3 Å². The Morgan fingerprint density at radius 2 is 1.69 bits per heavy atom. The van der Waals surface area contributed by atoms with Crippen LogP contribution in [0.15, 0.2) is 42.5 Å². The van der Waals surface area contributed by atoms with Gasteiger partial charge in [0.05, 0.1) is 0 Å². The average Bonchev–Trinajstić information content (AvgIpc) is 2.29. The second kappa shape index (κ2) is 4.14. The number of hydrogen-bond donors (Lipinski definition) is 0. The zero-order chi connectivity index (χ0) is 11.5. The Balaban J connectivity index is 2.45. The molecule has 0 N–H and O–H groups in total. The van der Waals surface area contributed by atoms with Gasteiger partial charge < -0.3 is 4.74 Å². The number of carbonyl (C=O) groups excluding carboxylic acids is 2. The van der Waals surface area contributed by atoms with Crippen molar-refractivity contribution in [2.45, 2.75) is 6.92 Å². The molecule has 0 aliphatic rings. The van der Waals surface area contributed by atoms with Crippen LogP contribution in [0, 0.1) is 0 Å². The first kappa shape index (κ1) is 10.4. The Hall–Kier alpha value is -2.16. The van der Waals surface area contributed by atoms with Gasteiger partial charge in [-0.25, -0.2) is 4.79 Å². The molecular formula is C13H10O3. The minimum Gasteiger partial charge on any atom is -0.420 e. The van der Waals surface area contributed by atoms with Crippen LogP contribution in [0.5, 0.6) is 5.75 Å². The molecule has 0 heterocycles. The quantitative estimate of drug-likeness (QED) is 0.438. The molecule has 3 nitrogen and oxygen atoms in total. The number of esters is 1. The molecular weight excluding hydrogens is 204 g/mol. The molecule has 0 aliphatic heterocycles. The highest BCUT2D eigenvalue weighted by Crippen LogP contribution is 2.25. The van der Waals surface area contributed by atoms with Gasteiger partial charge in [0.2, 0.25) is 5.78 Å². The summed E-state index contributed by atoms with van der Waals surface area (Å²) < 4.78 is 5.00. The molecule has 0 spiro atoms. The molecule has 0 saturated carbocycles. The van der Waals surface area contributed by atoms with Gasteiger partial charge in [0.1, 0.15) is 5.75 Å². The van der Waals surface area contributed by atoms with E-state index < -0.39 is 11.8 Å². The third-order valence-electron chi connectivity index (χ3n) is 2.24. The summed E-state index contributed by atoms with van der Waals surface area (Å²) in [5.41, 5.74) is 0. The van der Waals surface area contributed by atoms with Gasteiger partial charge in [-0.05, 0) is 11.5 Å². The zero-order valence-corrected chi connectivity index (χ0v) is 8.77. The van der Waals surface area contributed by atoms with Crippen molar-refractivity contribution in [3.8, 4) is 5.75 Å². The first-order valence-corrected chi connectivity index (χ1v) is 4.89. The fourth-order valence-corrected chi connectivity index (χ4v) is 1.46. The maximum absolute atomic E-state index is 11.2. The average molecular weight is 214 g/mol. The topological polar surface area (TPSA) is 43.4 Å². The van der Waals surface area contributed by atoms with Crippen molar-refractivity contribution in [3.63, 3.8) is 0 Å². The molecule has 2 rings (SSSR count). The van der Waals surface area contributed by atoms with E-state index in [4.69, 9.17) is 4.74 Å². The number of benzene rings is 2. The lowest BCUT2D eigenvalue weighted by molar-refractivity contribution is -0.145. The molecule has 16 heavy (non-hydrogen) atoms. The fraction of sp³-hybridized carbons (Fsp3) is 0.0769. The summed E-state index contributed by atoms with van der Waals surface area (Å²) >= 11 is 0. The van der Waals surface area contributed by atoms with Crippen LogP contribution in [0.25, 0.3) is 10.8 Å². The molecule has 80 valence electrons. The second-order valence-corrected chi connectivity index (χ2v) is 3.42. The van der Waals surface area contributed by atoms with Crippen LogP contribution in [0.4, 0.5) is 0 Å². The van der Waals surface area contributed by atoms with Gasteiger partial charge in [-0.15, -0.1) is 0 Å². The molecule has 3 heteroatoms. The Morgan fingerprint density at radius 1 is 1.00 bits per heavy atom. The van der Waals surface area contributed by atoms with Crippen LogP contribution >= 0.6 is 0 Å². The zero-order valence-electron chi connectivity index (χ0n) is 8.77. The molecule has 0 saturated heterocycles. The van der Waals surface area contributed by atoms with E-state index in [1.165, 1.54) is 6.92 Å². The van der Waals surface area contributed by atoms with Gasteiger partial charge in [0.15, 0.2) is 0 Å². The van der Waals surface area contributed by atoms with Crippen LogP contribution in [0.1, 0.15) is 6.92 Å². The van der Waals surface area contributed by atoms with Crippen molar-refractivity contribution in [2.75, 3.05) is 0 Å².